The zero-order chi connectivity index (χ0) is 17.5. The standard InChI is InChI=1S/C17H16BrNO4S/c18-11-5-7-12(8-6-11)24(22,23)16-14(17(20)21)9-10-3-1-2-4-13(10)15(16)19/h5-9H,1-4,19H2,(H,20,21). The van der Waals surface area contributed by atoms with Gasteiger partial charge in [0.2, 0.25) is 9.84 Å². The van der Waals surface area contributed by atoms with Crippen LogP contribution in [0.1, 0.15) is 34.3 Å². The Bertz CT molecular complexity index is 921. The summed E-state index contributed by atoms with van der Waals surface area (Å²) in [5.41, 5.74) is 7.57. The van der Waals surface area contributed by atoms with Crippen LogP contribution in [0.25, 0.3) is 0 Å². The molecule has 0 unspecified atom stereocenters. The number of fused-ring (bicyclic) bond motifs is 1. The third kappa shape index (κ3) is 2.82. The fourth-order valence-corrected chi connectivity index (χ4v) is 4.94. The number of hydrogen-bond acceptors (Lipinski definition) is 4. The number of carboxylic acid groups (broad SMARTS) is 1. The van der Waals surface area contributed by atoms with Gasteiger partial charge in [0.25, 0.3) is 0 Å². The lowest BCUT2D eigenvalue weighted by atomic mass is 9.89. The van der Waals surface area contributed by atoms with E-state index in [1.165, 1.54) is 18.2 Å². The van der Waals surface area contributed by atoms with Crippen molar-refractivity contribution in [3.8, 4) is 0 Å². The lowest BCUT2D eigenvalue weighted by Gasteiger charge is -2.22. The van der Waals surface area contributed by atoms with E-state index in [1.807, 2.05) is 0 Å². The molecule has 3 N–H and O–H groups in total. The van der Waals surface area contributed by atoms with E-state index in [-0.39, 0.29) is 21.0 Å². The highest BCUT2D eigenvalue weighted by molar-refractivity contribution is 9.10. The minimum atomic E-state index is -4.02. The van der Waals surface area contributed by atoms with Gasteiger partial charge in [-0.2, -0.15) is 0 Å². The third-order valence-electron chi connectivity index (χ3n) is 4.27. The molecular formula is C17H16BrNO4S. The van der Waals surface area contributed by atoms with Crippen LogP contribution in [-0.2, 0) is 22.7 Å². The molecule has 1 aliphatic carbocycles. The van der Waals surface area contributed by atoms with Crippen molar-refractivity contribution in [2.24, 2.45) is 0 Å². The number of hydrogen-bond donors (Lipinski definition) is 2. The summed E-state index contributed by atoms with van der Waals surface area (Å²) in [6.45, 7) is 0. The number of carbonyl (C=O) groups is 1. The van der Waals surface area contributed by atoms with Gasteiger partial charge in [-0.25, -0.2) is 13.2 Å². The van der Waals surface area contributed by atoms with Gasteiger partial charge in [-0.15, -0.1) is 0 Å². The first-order valence-corrected chi connectivity index (χ1v) is 9.78. The van der Waals surface area contributed by atoms with Gasteiger partial charge in [-0.1, -0.05) is 15.9 Å². The van der Waals surface area contributed by atoms with Crippen LogP contribution in [-0.4, -0.2) is 19.5 Å². The Morgan fingerprint density at radius 1 is 1.12 bits per heavy atom. The number of aryl methyl sites for hydroxylation is 1. The molecule has 0 spiro atoms. The van der Waals surface area contributed by atoms with E-state index in [0.717, 1.165) is 34.9 Å². The van der Waals surface area contributed by atoms with Crippen LogP contribution in [0.15, 0.2) is 44.6 Å². The molecule has 0 aliphatic heterocycles. The molecule has 2 aromatic rings. The summed E-state index contributed by atoms with van der Waals surface area (Å²) in [7, 11) is -4.02. The minimum Gasteiger partial charge on any atom is -0.478 e. The highest BCUT2D eigenvalue weighted by Crippen LogP contribution is 2.37. The van der Waals surface area contributed by atoms with Crippen molar-refractivity contribution >= 4 is 37.4 Å². The highest BCUT2D eigenvalue weighted by Gasteiger charge is 2.30. The Morgan fingerprint density at radius 2 is 1.75 bits per heavy atom. The quantitative estimate of drug-likeness (QED) is 0.756. The Balaban J connectivity index is 2.29. The number of aromatic carboxylic acids is 1. The Hall–Kier alpha value is -1.86. The predicted octanol–water partition coefficient (Wildman–Crippen LogP) is 3.44. The van der Waals surface area contributed by atoms with Crippen molar-refractivity contribution in [2.45, 2.75) is 35.5 Å². The molecule has 0 amide bonds. The second-order valence-corrected chi connectivity index (χ2v) is 8.58. The van der Waals surface area contributed by atoms with E-state index in [9.17, 15) is 18.3 Å². The van der Waals surface area contributed by atoms with Crippen molar-refractivity contribution in [2.75, 3.05) is 5.73 Å². The predicted molar refractivity (Wildman–Crippen MR) is 94.0 cm³/mol. The number of nitrogens with two attached hydrogens (primary N) is 1. The van der Waals surface area contributed by atoms with Gasteiger partial charge in [0.15, 0.2) is 0 Å². The number of benzene rings is 2. The molecule has 0 bridgehead atoms. The SMILES string of the molecule is Nc1c2c(cc(C(=O)O)c1S(=O)(=O)c1ccc(Br)cc1)CCCC2. The molecule has 0 atom stereocenters. The van der Waals surface area contributed by atoms with Crippen LogP contribution in [0.3, 0.4) is 0 Å². The van der Waals surface area contributed by atoms with E-state index >= 15 is 0 Å². The van der Waals surface area contributed by atoms with Crippen LogP contribution in [0.5, 0.6) is 0 Å². The summed E-state index contributed by atoms with van der Waals surface area (Å²) in [6.07, 6.45) is 3.26. The van der Waals surface area contributed by atoms with Gasteiger partial charge in [0.05, 0.1) is 16.1 Å². The van der Waals surface area contributed by atoms with Gasteiger partial charge in [0, 0.05) is 4.47 Å². The molecule has 24 heavy (non-hydrogen) atoms. The second kappa shape index (κ2) is 6.22. The summed E-state index contributed by atoms with van der Waals surface area (Å²) in [5.74, 6) is -1.29. The number of halogens is 1. The maximum Gasteiger partial charge on any atom is 0.337 e. The Morgan fingerprint density at radius 3 is 2.38 bits per heavy atom. The molecule has 2 aromatic carbocycles. The maximum atomic E-state index is 13.0. The zero-order valence-corrected chi connectivity index (χ0v) is 15.2. The molecule has 0 radical (unpaired) electrons. The fourth-order valence-electron chi connectivity index (χ4n) is 3.10. The maximum absolute atomic E-state index is 13.0. The second-order valence-electron chi connectivity index (χ2n) is 5.77. The average Bonchev–Trinajstić information content (AvgIpc) is 2.54. The van der Waals surface area contributed by atoms with E-state index < -0.39 is 15.8 Å². The molecule has 0 heterocycles. The topological polar surface area (TPSA) is 97.5 Å². The van der Waals surface area contributed by atoms with Gasteiger partial charge >= 0.3 is 5.97 Å². The molecular weight excluding hydrogens is 394 g/mol. The molecule has 3 rings (SSSR count). The minimum absolute atomic E-state index is 0.0238. The number of sulfone groups is 1. The van der Waals surface area contributed by atoms with Crippen molar-refractivity contribution in [1.29, 1.82) is 0 Å². The van der Waals surface area contributed by atoms with E-state index in [1.54, 1.807) is 12.1 Å². The van der Waals surface area contributed by atoms with Crippen LogP contribution in [0, 0.1) is 0 Å². The zero-order valence-electron chi connectivity index (χ0n) is 12.8. The number of rotatable bonds is 3. The van der Waals surface area contributed by atoms with Crippen LogP contribution < -0.4 is 5.73 Å². The largest absolute Gasteiger partial charge is 0.478 e. The molecule has 0 aromatic heterocycles. The molecule has 126 valence electrons. The average molecular weight is 410 g/mol. The lowest BCUT2D eigenvalue weighted by Crippen LogP contribution is -2.17. The smallest absolute Gasteiger partial charge is 0.337 e. The van der Waals surface area contributed by atoms with E-state index in [2.05, 4.69) is 15.9 Å². The highest BCUT2D eigenvalue weighted by atomic mass is 79.9. The van der Waals surface area contributed by atoms with Crippen molar-refractivity contribution in [3.63, 3.8) is 0 Å². The Labute approximate surface area is 148 Å². The molecule has 1 aliphatic rings. The summed E-state index contributed by atoms with van der Waals surface area (Å²) >= 11 is 3.26. The van der Waals surface area contributed by atoms with E-state index in [4.69, 9.17) is 5.73 Å². The lowest BCUT2D eigenvalue weighted by molar-refractivity contribution is 0.0692. The van der Waals surface area contributed by atoms with Crippen molar-refractivity contribution in [1.82, 2.24) is 0 Å². The summed E-state index contributed by atoms with van der Waals surface area (Å²) in [6, 6.07) is 7.54. The molecule has 5 nitrogen and oxygen atoms in total. The number of carboxylic acids is 1. The fraction of sp³-hybridized carbons (Fsp3) is 0.235. The van der Waals surface area contributed by atoms with Crippen LogP contribution in [0.2, 0.25) is 0 Å². The van der Waals surface area contributed by atoms with Gasteiger partial charge in [-0.05, 0) is 67.1 Å². The molecule has 0 saturated carbocycles. The Kier molecular flexibility index (Phi) is 4.40. The van der Waals surface area contributed by atoms with Gasteiger partial charge in [-0.3, -0.25) is 0 Å². The van der Waals surface area contributed by atoms with Crippen LogP contribution in [0.4, 0.5) is 5.69 Å². The normalized spacial score (nSPS) is 14.2. The molecule has 0 saturated heterocycles. The first-order valence-electron chi connectivity index (χ1n) is 7.50. The monoisotopic (exact) mass is 409 g/mol. The first kappa shape index (κ1) is 17.0. The number of anilines is 1. The van der Waals surface area contributed by atoms with Gasteiger partial charge in [0.1, 0.15) is 4.90 Å². The summed E-state index contributed by atoms with van der Waals surface area (Å²) in [4.78, 5) is 11.4. The van der Waals surface area contributed by atoms with E-state index in [0.29, 0.717) is 6.42 Å². The summed E-state index contributed by atoms with van der Waals surface area (Å²) in [5, 5.41) is 9.52. The summed E-state index contributed by atoms with van der Waals surface area (Å²) < 4.78 is 26.8. The van der Waals surface area contributed by atoms with Gasteiger partial charge < -0.3 is 10.8 Å². The van der Waals surface area contributed by atoms with Crippen LogP contribution >= 0.6 is 15.9 Å². The van der Waals surface area contributed by atoms with Crippen molar-refractivity contribution < 1.29 is 18.3 Å². The number of nitrogen functional groups attached to an aromatic ring is 1. The molecule has 0 fully saturated rings. The van der Waals surface area contributed by atoms with Crippen molar-refractivity contribution in [3.05, 3.63) is 51.5 Å². The third-order valence-corrected chi connectivity index (χ3v) is 6.67. The first-order chi connectivity index (χ1) is 11.3. The molecule has 7 heteroatoms.